The van der Waals surface area contributed by atoms with Crippen molar-refractivity contribution in [2.45, 2.75) is 12.5 Å². The van der Waals surface area contributed by atoms with Crippen molar-refractivity contribution in [1.82, 2.24) is 0 Å². The molecule has 0 aliphatic rings. The molecular formula is C9H12Cl2N2O. The minimum absolute atomic E-state index is 0.00470. The molecule has 3 nitrogen and oxygen atoms in total. The first kappa shape index (κ1) is 11.6. The smallest absolute Gasteiger partial charge is 0.0653 e. The summed E-state index contributed by atoms with van der Waals surface area (Å²) >= 11 is 11.6. The molecule has 78 valence electrons. The van der Waals surface area contributed by atoms with E-state index >= 15 is 0 Å². The summed E-state index contributed by atoms with van der Waals surface area (Å²) in [6.45, 7) is 0.00470. The van der Waals surface area contributed by atoms with Gasteiger partial charge in [-0.15, -0.1) is 0 Å². The van der Waals surface area contributed by atoms with Crippen molar-refractivity contribution < 1.29 is 5.11 Å². The second kappa shape index (κ2) is 4.84. The molecular weight excluding hydrogens is 223 g/mol. The van der Waals surface area contributed by atoms with Crippen LogP contribution < -0.4 is 11.5 Å². The Hall–Kier alpha value is -0.480. The van der Waals surface area contributed by atoms with E-state index in [9.17, 15) is 0 Å². The molecule has 5 heteroatoms. The molecule has 1 aromatic rings. The maximum Gasteiger partial charge on any atom is 0.0653 e. The van der Waals surface area contributed by atoms with Crippen molar-refractivity contribution in [3.8, 4) is 0 Å². The van der Waals surface area contributed by atoms with Gasteiger partial charge in [0.2, 0.25) is 0 Å². The van der Waals surface area contributed by atoms with Gasteiger partial charge in [-0.2, -0.15) is 0 Å². The lowest BCUT2D eigenvalue weighted by atomic mass is 10.0. The van der Waals surface area contributed by atoms with Crippen molar-refractivity contribution in [3.05, 3.63) is 27.7 Å². The van der Waals surface area contributed by atoms with Gasteiger partial charge in [0.15, 0.2) is 0 Å². The van der Waals surface area contributed by atoms with E-state index in [0.29, 0.717) is 27.7 Å². The first-order chi connectivity index (χ1) is 6.56. The molecule has 0 spiro atoms. The van der Waals surface area contributed by atoms with Crippen LogP contribution in [0.5, 0.6) is 0 Å². The fourth-order valence-electron chi connectivity index (χ4n) is 1.21. The highest BCUT2D eigenvalue weighted by Crippen LogP contribution is 2.31. The molecule has 0 bridgehead atoms. The second-order valence-electron chi connectivity index (χ2n) is 3.01. The average Bonchev–Trinajstić information content (AvgIpc) is 2.11. The zero-order chi connectivity index (χ0) is 10.7. The third-order valence-corrected chi connectivity index (χ3v) is 2.50. The lowest BCUT2D eigenvalue weighted by molar-refractivity contribution is 0.276. The highest BCUT2D eigenvalue weighted by molar-refractivity contribution is 6.36. The maximum atomic E-state index is 8.74. The molecule has 0 heterocycles. The number of aliphatic hydroxyl groups excluding tert-OH is 1. The summed E-state index contributed by atoms with van der Waals surface area (Å²) in [5.74, 6) is 0. The van der Waals surface area contributed by atoms with Gasteiger partial charge in [-0.1, -0.05) is 23.2 Å². The van der Waals surface area contributed by atoms with Gasteiger partial charge in [0.05, 0.1) is 10.7 Å². The van der Waals surface area contributed by atoms with Gasteiger partial charge in [-0.05, 0) is 24.1 Å². The molecule has 1 aromatic carbocycles. The van der Waals surface area contributed by atoms with E-state index in [4.69, 9.17) is 39.8 Å². The van der Waals surface area contributed by atoms with E-state index in [1.807, 2.05) is 0 Å². The summed E-state index contributed by atoms with van der Waals surface area (Å²) < 4.78 is 0. The molecule has 0 aliphatic carbocycles. The van der Waals surface area contributed by atoms with Crippen molar-refractivity contribution in [3.63, 3.8) is 0 Å². The Bertz CT molecular complexity index is 331. The predicted molar refractivity (Wildman–Crippen MR) is 59.5 cm³/mol. The molecule has 0 aromatic heterocycles. The SMILES string of the molecule is Nc1c(Cl)cc(Cl)cc1C(N)CCO. The van der Waals surface area contributed by atoms with Gasteiger partial charge in [0.1, 0.15) is 0 Å². The summed E-state index contributed by atoms with van der Waals surface area (Å²) in [4.78, 5) is 0. The highest BCUT2D eigenvalue weighted by Gasteiger charge is 2.12. The topological polar surface area (TPSA) is 72.3 Å². The number of rotatable bonds is 3. The van der Waals surface area contributed by atoms with Crippen LogP contribution in [0.15, 0.2) is 12.1 Å². The van der Waals surface area contributed by atoms with Gasteiger partial charge in [0, 0.05) is 17.7 Å². The standard InChI is InChI=1S/C9H12Cl2N2O/c10-5-3-6(8(12)1-2-14)9(13)7(11)4-5/h3-4,8,14H,1-2,12-13H2. The Labute approximate surface area is 92.6 Å². The summed E-state index contributed by atoms with van der Waals surface area (Å²) in [7, 11) is 0. The fraction of sp³-hybridized carbons (Fsp3) is 0.333. The van der Waals surface area contributed by atoms with Gasteiger partial charge in [-0.3, -0.25) is 0 Å². The molecule has 0 amide bonds. The third kappa shape index (κ3) is 2.51. The first-order valence-electron chi connectivity index (χ1n) is 4.17. The fourth-order valence-corrected chi connectivity index (χ4v) is 1.72. The molecule has 1 rings (SSSR count). The number of hydrogen-bond donors (Lipinski definition) is 3. The highest BCUT2D eigenvalue weighted by atomic mass is 35.5. The Kier molecular flexibility index (Phi) is 4.01. The van der Waals surface area contributed by atoms with Crippen LogP contribution in [0.4, 0.5) is 5.69 Å². The van der Waals surface area contributed by atoms with E-state index in [1.54, 1.807) is 12.1 Å². The van der Waals surface area contributed by atoms with Crippen molar-refractivity contribution in [2.24, 2.45) is 5.73 Å². The van der Waals surface area contributed by atoms with E-state index in [-0.39, 0.29) is 12.6 Å². The average molecular weight is 235 g/mol. The lowest BCUT2D eigenvalue weighted by Gasteiger charge is -2.14. The Morgan fingerprint density at radius 3 is 2.57 bits per heavy atom. The van der Waals surface area contributed by atoms with Crippen molar-refractivity contribution in [2.75, 3.05) is 12.3 Å². The zero-order valence-electron chi connectivity index (χ0n) is 7.50. The molecule has 1 unspecified atom stereocenters. The second-order valence-corrected chi connectivity index (χ2v) is 3.85. The van der Waals surface area contributed by atoms with Gasteiger partial charge >= 0.3 is 0 Å². The van der Waals surface area contributed by atoms with Crippen LogP contribution in [0.2, 0.25) is 10.0 Å². The lowest BCUT2D eigenvalue weighted by Crippen LogP contribution is -2.14. The molecule has 0 fully saturated rings. The minimum Gasteiger partial charge on any atom is -0.397 e. The van der Waals surface area contributed by atoms with E-state index < -0.39 is 0 Å². The Morgan fingerprint density at radius 2 is 2.00 bits per heavy atom. The Morgan fingerprint density at radius 1 is 1.36 bits per heavy atom. The van der Waals surface area contributed by atoms with E-state index in [2.05, 4.69) is 0 Å². The van der Waals surface area contributed by atoms with Gasteiger partial charge < -0.3 is 16.6 Å². The molecule has 1 atom stereocenters. The van der Waals surface area contributed by atoms with Crippen LogP contribution in [-0.2, 0) is 0 Å². The van der Waals surface area contributed by atoms with Crippen LogP contribution in [0, 0.1) is 0 Å². The zero-order valence-corrected chi connectivity index (χ0v) is 9.02. The van der Waals surface area contributed by atoms with Crippen LogP contribution in [-0.4, -0.2) is 11.7 Å². The van der Waals surface area contributed by atoms with Crippen LogP contribution >= 0.6 is 23.2 Å². The molecule has 5 N–H and O–H groups in total. The van der Waals surface area contributed by atoms with Crippen molar-refractivity contribution >= 4 is 28.9 Å². The normalized spacial score (nSPS) is 12.9. The molecule has 0 saturated heterocycles. The van der Waals surface area contributed by atoms with Crippen LogP contribution in [0.1, 0.15) is 18.0 Å². The third-order valence-electron chi connectivity index (χ3n) is 1.97. The van der Waals surface area contributed by atoms with E-state index in [1.165, 1.54) is 0 Å². The molecule has 14 heavy (non-hydrogen) atoms. The first-order valence-corrected chi connectivity index (χ1v) is 4.92. The van der Waals surface area contributed by atoms with Gasteiger partial charge in [0.25, 0.3) is 0 Å². The largest absolute Gasteiger partial charge is 0.397 e. The summed E-state index contributed by atoms with van der Waals surface area (Å²) in [5, 5.41) is 9.62. The van der Waals surface area contributed by atoms with E-state index in [0.717, 1.165) is 0 Å². The quantitative estimate of drug-likeness (QED) is 0.701. The Balaban J connectivity index is 3.07. The molecule has 0 radical (unpaired) electrons. The monoisotopic (exact) mass is 234 g/mol. The molecule has 0 saturated carbocycles. The number of nitrogens with two attached hydrogens (primary N) is 2. The van der Waals surface area contributed by atoms with Crippen LogP contribution in [0.3, 0.4) is 0 Å². The maximum absolute atomic E-state index is 8.74. The summed E-state index contributed by atoms with van der Waals surface area (Å²) in [6.07, 6.45) is 0.431. The number of benzene rings is 1. The number of aliphatic hydroxyl groups is 1. The van der Waals surface area contributed by atoms with Gasteiger partial charge in [-0.25, -0.2) is 0 Å². The minimum atomic E-state index is -0.337. The summed E-state index contributed by atoms with van der Waals surface area (Å²) in [6, 6.07) is 2.90. The predicted octanol–water partition coefficient (Wildman–Crippen LogP) is 1.96. The molecule has 0 aliphatic heterocycles. The number of nitrogen functional groups attached to an aromatic ring is 1. The number of hydrogen-bond acceptors (Lipinski definition) is 3. The van der Waals surface area contributed by atoms with Crippen molar-refractivity contribution in [1.29, 1.82) is 0 Å². The number of anilines is 1. The van der Waals surface area contributed by atoms with Crippen LogP contribution in [0.25, 0.3) is 0 Å². The number of halogens is 2. The summed E-state index contributed by atoms with van der Waals surface area (Å²) in [5.41, 5.74) is 12.6.